The van der Waals surface area contributed by atoms with Gasteiger partial charge in [-0.2, -0.15) is 0 Å². The quantitative estimate of drug-likeness (QED) is 0.753. The van der Waals surface area contributed by atoms with Gasteiger partial charge in [-0.05, 0) is 12.1 Å². The Hall–Kier alpha value is -1.39. The molecular weight excluding hydrogens is 204 g/mol. The van der Waals surface area contributed by atoms with E-state index in [0.717, 1.165) is 18.8 Å². The Labute approximate surface area is 95.4 Å². The van der Waals surface area contributed by atoms with Gasteiger partial charge in [0.1, 0.15) is 0 Å². The Bertz CT molecular complexity index is 347. The van der Waals surface area contributed by atoms with Gasteiger partial charge in [0.25, 0.3) is 0 Å². The predicted octanol–water partition coefficient (Wildman–Crippen LogP) is 1.29. The molecule has 0 unspecified atom stereocenters. The van der Waals surface area contributed by atoms with Crippen LogP contribution >= 0.6 is 0 Å². The summed E-state index contributed by atoms with van der Waals surface area (Å²) in [6.45, 7) is 4.46. The molecule has 16 heavy (non-hydrogen) atoms. The molecule has 1 saturated heterocycles. The summed E-state index contributed by atoms with van der Waals surface area (Å²) in [5.41, 5.74) is 0.914. The third kappa shape index (κ3) is 2.40. The van der Waals surface area contributed by atoms with Crippen molar-refractivity contribution in [3.63, 3.8) is 0 Å². The zero-order valence-electron chi connectivity index (χ0n) is 9.43. The maximum Gasteiger partial charge on any atom is 0.238 e. The first-order valence-electron chi connectivity index (χ1n) is 5.47. The number of anilines is 1. The van der Waals surface area contributed by atoms with E-state index in [1.807, 2.05) is 35.3 Å². The second kappa shape index (κ2) is 5.09. The van der Waals surface area contributed by atoms with Crippen LogP contribution in [0, 0.1) is 0 Å². The largest absolute Gasteiger partial charge is 0.379 e. The van der Waals surface area contributed by atoms with Crippen LogP contribution in [0.15, 0.2) is 30.3 Å². The standard InChI is InChI=1S/C12H16N2O2/c1-11(15)14(12-5-3-2-4-6-12)13-7-9-16-10-8-13/h2-6H,7-10H2,1H3. The minimum absolute atomic E-state index is 0.0353. The summed E-state index contributed by atoms with van der Waals surface area (Å²) in [5, 5.41) is 3.75. The van der Waals surface area contributed by atoms with Crippen molar-refractivity contribution in [1.29, 1.82) is 0 Å². The van der Waals surface area contributed by atoms with Crippen molar-refractivity contribution in [3.05, 3.63) is 30.3 Å². The maximum atomic E-state index is 11.7. The summed E-state index contributed by atoms with van der Waals surface area (Å²) in [7, 11) is 0. The Morgan fingerprint density at radius 3 is 2.44 bits per heavy atom. The highest BCUT2D eigenvalue weighted by molar-refractivity contribution is 5.90. The van der Waals surface area contributed by atoms with Gasteiger partial charge in [-0.25, -0.2) is 10.0 Å². The Morgan fingerprint density at radius 2 is 1.88 bits per heavy atom. The van der Waals surface area contributed by atoms with Gasteiger partial charge in [0.05, 0.1) is 18.9 Å². The molecular formula is C12H16N2O2. The van der Waals surface area contributed by atoms with Crippen LogP contribution in [-0.2, 0) is 9.53 Å². The molecule has 0 aliphatic carbocycles. The summed E-state index contributed by atoms with van der Waals surface area (Å²) >= 11 is 0. The summed E-state index contributed by atoms with van der Waals surface area (Å²) in [4.78, 5) is 11.7. The van der Waals surface area contributed by atoms with Gasteiger partial charge in [-0.15, -0.1) is 0 Å². The van der Waals surface area contributed by atoms with Crippen LogP contribution in [0.3, 0.4) is 0 Å². The fraction of sp³-hybridized carbons (Fsp3) is 0.417. The lowest BCUT2D eigenvalue weighted by atomic mass is 10.3. The Morgan fingerprint density at radius 1 is 1.25 bits per heavy atom. The minimum atomic E-state index is 0.0353. The van der Waals surface area contributed by atoms with Crippen molar-refractivity contribution in [1.82, 2.24) is 5.01 Å². The molecule has 4 heteroatoms. The number of morpholine rings is 1. The first-order chi connectivity index (χ1) is 7.79. The predicted molar refractivity (Wildman–Crippen MR) is 62.0 cm³/mol. The number of nitrogens with zero attached hydrogens (tertiary/aromatic N) is 2. The molecule has 1 aliphatic rings. The van der Waals surface area contributed by atoms with Gasteiger partial charge < -0.3 is 4.74 Å². The van der Waals surface area contributed by atoms with E-state index < -0.39 is 0 Å². The molecule has 0 spiro atoms. The molecule has 0 N–H and O–H groups in total. The zero-order valence-corrected chi connectivity index (χ0v) is 9.43. The molecule has 4 nitrogen and oxygen atoms in total. The number of rotatable bonds is 2. The first-order valence-corrected chi connectivity index (χ1v) is 5.47. The smallest absolute Gasteiger partial charge is 0.238 e. The average molecular weight is 220 g/mol. The highest BCUT2D eigenvalue weighted by Gasteiger charge is 2.21. The van der Waals surface area contributed by atoms with Crippen molar-refractivity contribution in [2.75, 3.05) is 31.3 Å². The molecule has 1 aromatic rings. The van der Waals surface area contributed by atoms with Gasteiger partial charge in [-0.1, -0.05) is 18.2 Å². The lowest BCUT2D eigenvalue weighted by molar-refractivity contribution is -0.120. The molecule has 0 atom stereocenters. The molecule has 0 saturated carbocycles. The topological polar surface area (TPSA) is 32.8 Å². The summed E-state index contributed by atoms with van der Waals surface area (Å²) < 4.78 is 5.29. The van der Waals surface area contributed by atoms with E-state index in [0.29, 0.717) is 13.2 Å². The van der Waals surface area contributed by atoms with Gasteiger partial charge in [0.15, 0.2) is 0 Å². The van der Waals surface area contributed by atoms with Gasteiger partial charge >= 0.3 is 0 Å². The molecule has 0 aromatic heterocycles. The minimum Gasteiger partial charge on any atom is -0.379 e. The van der Waals surface area contributed by atoms with Crippen molar-refractivity contribution in [2.45, 2.75) is 6.92 Å². The van der Waals surface area contributed by atoms with Crippen LogP contribution in [0.2, 0.25) is 0 Å². The van der Waals surface area contributed by atoms with Gasteiger partial charge in [-0.3, -0.25) is 4.79 Å². The van der Waals surface area contributed by atoms with Crippen LogP contribution in [-0.4, -0.2) is 37.2 Å². The highest BCUT2D eigenvalue weighted by Crippen LogP contribution is 2.17. The van der Waals surface area contributed by atoms with Crippen LogP contribution in [0.4, 0.5) is 5.69 Å². The summed E-state index contributed by atoms with van der Waals surface area (Å²) in [6.07, 6.45) is 0. The number of carbonyl (C=O) groups excluding carboxylic acids is 1. The summed E-state index contributed by atoms with van der Waals surface area (Å²) in [5.74, 6) is 0.0353. The molecule has 86 valence electrons. The van der Waals surface area contributed by atoms with Gasteiger partial charge in [0, 0.05) is 20.0 Å². The monoisotopic (exact) mass is 220 g/mol. The van der Waals surface area contributed by atoms with Crippen molar-refractivity contribution in [2.24, 2.45) is 0 Å². The number of para-hydroxylation sites is 1. The number of amides is 1. The summed E-state index contributed by atoms with van der Waals surface area (Å²) in [6, 6.07) is 9.70. The number of benzene rings is 1. The molecule has 1 heterocycles. The highest BCUT2D eigenvalue weighted by atomic mass is 16.5. The van der Waals surface area contributed by atoms with Crippen molar-refractivity contribution >= 4 is 11.6 Å². The number of ether oxygens (including phenoxy) is 1. The van der Waals surface area contributed by atoms with E-state index in [1.54, 1.807) is 11.9 Å². The fourth-order valence-electron chi connectivity index (χ4n) is 1.87. The second-order valence-electron chi connectivity index (χ2n) is 3.73. The second-order valence-corrected chi connectivity index (χ2v) is 3.73. The molecule has 1 aliphatic heterocycles. The first kappa shape index (κ1) is 11.1. The van der Waals surface area contributed by atoms with E-state index in [2.05, 4.69) is 0 Å². The number of hydrogen-bond acceptors (Lipinski definition) is 3. The number of hydrogen-bond donors (Lipinski definition) is 0. The Kier molecular flexibility index (Phi) is 3.54. The Balaban J connectivity index is 2.20. The number of carbonyl (C=O) groups is 1. The number of hydrazine groups is 1. The third-order valence-electron chi connectivity index (χ3n) is 2.57. The lowest BCUT2D eigenvalue weighted by Crippen LogP contribution is -2.51. The zero-order chi connectivity index (χ0) is 11.4. The molecule has 0 radical (unpaired) electrons. The normalized spacial score (nSPS) is 17.1. The maximum absolute atomic E-state index is 11.7. The lowest BCUT2D eigenvalue weighted by Gasteiger charge is -2.36. The molecule has 2 rings (SSSR count). The molecule has 0 bridgehead atoms. The van der Waals surface area contributed by atoms with E-state index in [4.69, 9.17) is 4.74 Å². The third-order valence-corrected chi connectivity index (χ3v) is 2.57. The van der Waals surface area contributed by atoms with Crippen molar-refractivity contribution < 1.29 is 9.53 Å². The van der Waals surface area contributed by atoms with E-state index in [1.165, 1.54) is 0 Å². The van der Waals surface area contributed by atoms with E-state index in [9.17, 15) is 4.79 Å². The SMILES string of the molecule is CC(=O)N(c1ccccc1)N1CCOCC1. The molecule has 1 aromatic carbocycles. The molecule has 1 fully saturated rings. The van der Waals surface area contributed by atoms with Crippen molar-refractivity contribution in [3.8, 4) is 0 Å². The van der Waals surface area contributed by atoms with E-state index in [-0.39, 0.29) is 5.91 Å². The average Bonchev–Trinajstić information content (AvgIpc) is 2.31. The van der Waals surface area contributed by atoms with Crippen LogP contribution < -0.4 is 5.01 Å². The van der Waals surface area contributed by atoms with E-state index >= 15 is 0 Å². The van der Waals surface area contributed by atoms with Crippen LogP contribution in [0.25, 0.3) is 0 Å². The van der Waals surface area contributed by atoms with Crippen LogP contribution in [0.5, 0.6) is 0 Å². The fourth-order valence-corrected chi connectivity index (χ4v) is 1.87. The van der Waals surface area contributed by atoms with Crippen LogP contribution in [0.1, 0.15) is 6.92 Å². The molecule has 1 amide bonds. The van der Waals surface area contributed by atoms with Gasteiger partial charge in [0.2, 0.25) is 5.91 Å².